The molecule has 0 aliphatic carbocycles. The molecule has 1 aliphatic heterocycles. The van der Waals surface area contributed by atoms with Gasteiger partial charge >= 0.3 is 0 Å². The number of hydrogen-bond acceptors (Lipinski definition) is 1. The number of anilines is 1. The molecule has 3 heteroatoms. The van der Waals surface area contributed by atoms with Gasteiger partial charge in [0.05, 0.1) is 5.92 Å². The summed E-state index contributed by atoms with van der Waals surface area (Å²) in [4.78, 5) is 11.6. The fourth-order valence-corrected chi connectivity index (χ4v) is 2.09. The Morgan fingerprint density at radius 1 is 1.43 bits per heavy atom. The van der Waals surface area contributed by atoms with Crippen molar-refractivity contribution in [2.75, 3.05) is 5.32 Å². The van der Waals surface area contributed by atoms with Gasteiger partial charge in [-0.1, -0.05) is 31.5 Å². The molecule has 2 rings (SSSR count). The highest BCUT2D eigenvalue weighted by molar-refractivity contribution is 6.31. The molecule has 1 heterocycles. The standard InChI is InChI=1S/C11H12ClNO/c1-6(2)10-8-4-3-7(12)5-9(8)13-11(10)14/h3-6,10H,1-2H3,(H,13,14)/t10-/m1/s1. The number of hydrogen-bond donors (Lipinski definition) is 1. The summed E-state index contributed by atoms with van der Waals surface area (Å²) in [6.07, 6.45) is 0. The average molecular weight is 210 g/mol. The fraction of sp³-hybridized carbons (Fsp3) is 0.364. The minimum absolute atomic E-state index is 0.0257. The zero-order valence-electron chi connectivity index (χ0n) is 8.17. The Kier molecular flexibility index (Phi) is 2.23. The maximum atomic E-state index is 11.6. The van der Waals surface area contributed by atoms with Crippen molar-refractivity contribution in [2.24, 2.45) is 5.92 Å². The molecule has 2 nitrogen and oxygen atoms in total. The SMILES string of the molecule is CC(C)[C@H]1C(=O)Nc2cc(Cl)ccc21. The lowest BCUT2D eigenvalue weighted by molar-refractivity contribution is -0.117. The summed E-state index contributed by atoms with van der Waals surface area (Å²) in [7, 11) is 0. The molecule has 1 aromatic rings. The van der Waals surface area contributed by atoms with E-state index in [0.29, 0.717) is 10.9 Å². The van der Waals surface area contributed by atoms with E-state index < -0.39 is 0 Å². The molecule has 1 aromatic carbocycles. The van der Waals surface area contributed by atoms with Gasteiger partial charge in [0.25, 0.3) is 0 Å². The molecule has 14 heavy (non-hydrogen) atoms. The molecule has 0 radical (unpaired) electrons. The highest BCUT2D eigenvalue weighted by Gasteiger charge is 2.32. The van der Waals surface area contributed by atoms with E-state index in [2.05, 4.69) is 5.32 Å². The predicted molar refractivity (Wildman–Crippen MR) is 57.7 cm³/mol. The lowest BCUT2D eigenvalue weighted by atomic mass is 9.90. The third-order valence-electron chi connectivity index (χ3n) is 2.56. The van der Waals surface area contributed by atoms with Crippen LogP contribution in [0.2, 0.25) is 5.02 Å². The number of amides is 1. The van der Waals surface area contributed by atoms with Gasteiger partial charge in [-0.15, -0.1) is 0 Å². The first kappa shape index (κ1) is 9.53. The van der Waals surface area contributed by atoms with Crippen molar-refractivity contribution in [1.29, 1.82) is 0 Å². The Hall–Kier alpha value is -1.02. The molecule has 0 spiro atoms. The number of carbonyl (C=O) groups excluding carboxylic acids is 1. The summed E-state index contributed by atoms with van der Waals surface area (Å²) in [5.41, 5.74) is 1.93. The molecule has 0 unspecified atom stereocenters. The zero-order valence-corrected chi connectivity index (χ0v) is 8.93. The van der Waals surface area contributed by atoms with Gasteiger partial charge in [-0.2, -0.15) is 0 Å². The van der Waals surface area contributed by atoms with Crippen molar-refractivity contribution in [3.8, 4) is 0 Å². The van der Waals surface area contributed by atoms with Gasteiger partial charge < -0.3 is 5.32 Å². The quantitative estimate of drug-likeness (QED) is 0.757. The van der Waals surface area contributed by atoms with Gasteiger partial charge in [-0.3, -0.25) is 4.79 Å². The maximum absolute atomic E-state index is 11.6. The molecule has 1 N–H and O–H groups in total. The van der Waals surface area contributed by atoms with E-state index in [1.807, 2.05) is 26.0 Å². The summed E-state index contributed by atoms with van der Waals surface area (Å²) < 4.78 is 0. The predicted octanol–water partition coefficient (Wildman–Crippen LogP) is 3.03. The number of halogens is 1. The van der Waals surface area contributed by atoms with E-state index >= 15 is 0 Å². The first-order valence-electron chi connectivity index (χ1n) is 4.70. The lowest BCUT2D eigenvalue weighted by Crippen LogP contribution is -2.16. The number of carbonyl (C=O) groups is 1. The van der Waals surface area contributed by atoms with Crippen LogP contribution in [0.1, 0.15) is 25.3 Å². The second kappa shape index (κ2) is 3.28. The Morgan fingerprint density at radius 2 is 2.14 bits per heavy atom. The van der Waals surface area contributed by atoms with E-state index in [4.69, 9.17) is 11.6 Å². The largest absolute Gasteiger partial charge is 0.325 e. The summed E-state index contributed by atoms with van der Waals surface area (Å²) in [6, 6.07) is 5.56. The van der Waals surface area contributed by atoms with Crippen LogP contribution in [-0.4, -0.2) is 5.91 Å². The molecule has 0 saturated heterocycles. The van der Waals surface area contributed by atoms with Crippen molar-refractivity contribution >= 4 is 23.2 Å². The van der Waals surface area contributed by atoms with Crippen LogP contribution in [0.5, 0.6) is 0 Å². The minimum Gasteiger partial charge on any atom is -0.325 e. The molecule has 1 amide bonds. The first-order valence-corrected chi connectivity index (χ1v) is 5.07. The second-order valence-corrected chi connectivity index (χ2v) is 4.38. The van der Waals surface area contributed by atoms with Gasteiger partial charge in [0, 0.05) is 10.7 Å². The zero-order chi connectivity index (χ0) is 10.3. The summed E-state index contributed by atoms with van der Waals surface area (Å²) in [6.45, 7) is 4.10. The molecule has 1 atom stereocenters. The van der Waals surface area contributed by atoms with E-state index in [1.54, 1.807) is 6.07 Å². The van der Waals surface area contributed by atoms with Crippen molar-refractivity contribution < 1.29 is 4.79 Å². The van der Waals surface area contributed by atoms with E-state index in [9.17, 15) is 4.79 Å². The van der Waals surface area contributed by atoms with Gasteiger partial charge in [-0.05, 0) is 23.6 Å². The van der Waals surface area contributed by atoms with E-state index in [1.165, 1.54) is 0 Å². The Labute approximate surface area is 88.3 Å². The van der Waals surface area contributed by atoms with Crippen molar-refractivity contribution in [3.63, 3.8) is 0 Å². The number of benzene rings is 1. The first-order chi connectivity index (χ1) is 6.59. The van der Waals surface area contributed by atoms with Crippen LogP contribution in [0.4, 0.5) is 5.69 Å². The van der Waals surface area contributed by atoms with Gasteiger partial charge in [0.15, 0.2) is 0 Å². The number of rotatable bonds is 1. The number of fused-ring (bicyclic) bond motifs is 1. The van der Waals surface area contributed by atoms with Crippen LogP contribution < -0.4 is 5.32 Å². The van der Waals surface area contributed by atoms with Gasteiger partial charge in [-0.25, -0.2) is 0 Å². The monoisotopic (exact) mass is 209 g/mol. The highest BCUT2D eigenvalue weighted by Crippen LogP contribution is 2.38. The highest BCUT2D eigenvalue weighted by atomic mass is 35.5. The normalized spacial score (nSPS) is 19.7. The summed E-state index contributed by atoms with van der Waals surface area (Å²) >= 11 is 5.85. The van der Waals surface area contributed by atoms with Gasteiger partial charge in [0.1, 0.15) is 0 Å². The van der Waals surface area contributed by atoms with Crippen LogP contribution in [0, 0.1) is 5.92 Å². The molecule has 0 aromatic heterocycles. The third-order valence-corrected chi connectivity index (χ3v) is 2.79. The van der Waals surface area contributed by atoms with Gasteiger partial charge in [0.2, 0.25) is 5.91 Å². The van der Waals surface area contributed by atoms with Crippen molar-refractivity contribution in [3.05, 3.63) is 28.8 Å². The molecular formula is C11H12ClNO. The molecule has 0 saturated carbocycles. The minimum atomic E-state index is -0.0257. The molecule has 0 bridgehead atoms. The van der Waals surface area contributed by atoms with Crippen LogP contribution in [0.25, 0.3) is 0 Å². The lowest BCUT2D eigenvalue weighted by Gasteiger charge is -2.12. The molecule has 74 valence electrons. The van der Waals surface area contributed by atoms with Crippen molar-refractivity contribution in [2.45, 2.75) is 19.8 Å². The second-order valence-electron chi connectivity index (χ2n) is 3.94. The fourth-order valence-electron chi connectivity index (χ4n) is 1.92. The Morgan fingerprint density at radius 3 is 2.79 bits per heavy atom. The topological polar surface area (TPSA) is 29.1 Å². The van der Waals surface area contributed by atoms with Crippen LogP contribution in [-0.2, 0) is 4.79 Å². The van der Waals surface area contributed by atoms with E-state index in [0.717, 1.165) is 11.3 Å². The summed E-state index contributed by atoms with van der Waals surface area (Å²) in [5.74, 6) is 0.372. The Balaban J connectivity index is 2.48. The van der Waals surface area contributed by atoms with Crippen LogP contribution in [0.15, 0.2) is 18.2 Å². The molecule has 0 fully saturated rings. The third kappa shape index (κ3) is 1.40. The van der Waals surface area contributed by atoms with Crippen LogP contribution in [0.3, 0.4) is 0 Å². The average Bonchev–Trinajstić information content (AvgIpc) is 2.39. The molecule has 1 aliphatic rings. The van der Waals surface area contributed by atoms with Crippen molar-refractivity contribution in [1.82, 2.24) is 0 Å². The van der Waals surface area contributed by atoms with E-state index in [-0.39, 0.29) is 11.8 Å². The summed E-state index contributed by atoms with van der Waals surface area (Å²) in [5, 5.41) is 3.51. The smallest absolute Gasteiger partial charge is 0.232 e. The number of nitrogens with one attached hydrogen (secondary N) is 1. The maximum Gasteiger partial charge on any atom is 0.232 e. The van der Waals surface area contributed by atoms with Crippen LogP contribution >= 0.6 is 11.6 Å². The Bertz CT molecular complexity index is 387. The molecular weight excluding hydrogens is 198 g/mol.